The Labute approximate surface area is 126 Å². The number of carboxylic acid groups (broad SMARTS) is 1. The van der Waals surface area contributed by atoms with E-state index in [1.165, 1.54) is 0 Å². The van der Waals surface area contributed by atoms with Crippen LogP contribution in [0.5, 0.6) is 5.75 Å². The van der Waals surface area contributed by atoms with Crippen molar-refractivity contribution in [1.82, 2.24) is 5.32 Å². The molecule has 0 aliphatic carbocycles. The van der Waals surface area contributed by atoms with Gasteiger partial charge in [-0.3, -0.25) is 4.79 Å². The monoisotopic (exact) mass is 295 g/mol. The average molecular weight is 295 g/mol. The SMILES string of the molecule is COCCOc1ccc(CNCCC(C)(C)C(=O)O)cc1. The van der Waals surface area contributed by atoms with Crippen LogP contribution in [0.2, 0.25) is 0 Å². The van der Waals surface area contributed by atoms with E-state index in [1.807, 2.05) is 24.3 Å². The van der Waals surface area contributed by atoms with Gasteiger partial charge in [-0.2, -0.15) is 0 Å². The van der Waals surface area contributed by atoms with Crippen molar-refractivity contribution in [3.63, 3.8) is 0 Å². The van der Waals surface area contributed by atoms with E-state index in [1.54, 1.807) is 21.0 Å². The molecule has 1 aromatic carbocycles. The molecule has 5 heteroatoms. The van der Waals surface area contributed by atoms with Crippen molar-refractivity contribution in [3.05, 3.63) is 29.8 Å². The number of hydrogen-bond acceptors (Lipinski definition) is 4. The molecule has 0 heterocycles. The van der Waals surface area contributed by atoms with Gasteiger partial charge in [0.25, 0.3) is 0 Å². The predicted octanol–water partition coefficient (Wildman–Crippen LogP) is 2.30. The maximum Gasteiger partial charge on any atom is 0.309 e. The second-order valence-electron chi connectivity index (χ2n) is 5.60. The lowest BCUT2D eigenvalue weighted by molar-refractivity contribution is -0.147. The third-order valence-electron chi connectivity index (χ3n) is 3.31. The van der Waals surface area contributed by atoms with Gasteiger partial charge in [0.15, 0.2) is 0 Å². The quantitative estimate of drug-likeness (QED) is 0.648. The fourth-order valence-electron chi connectivity index (χ4n) is 1.69. The molecule has 0 aliphatic rings. The lowest BCUT2D eigenvalue weighted by Crippen LogP contribution is -2.28. The molecule has 0 aromatic heterocycles. The van der Waals surface area contributed by atoms with E-state index in [-0.39, 0.29) is 0 Å². The Morgan fingerprint density at radius 1 is 1.24 bits per heavy atom. The first-order valence-corrected chi connectivity index (χ1v) is 7.10. The Hall–Kier alpha value is -1.59. The van der Waals surface area contributed by atoms with E-state index < -0.39 is 11.4 Å². The van der Waals surface area contributed by atoms with Crippen LogP contribution in [0.1, 0.15) is 25.8 Å². The van der Waals surface area contributed by atoms with Crippen LogP contribution in [-0.2, 0) is 16.1 Å². The lowest BCUT2D eigenvalue weighted by atomic mass is 9.90. The number of carbonyl (C=O) groups is 1. The van der Waals surface area contributed by atoms with Gasteiger partial charge in [-0.05, 0) is 44.5 Å². The summed E-state index contributed by atoms with van der Waals surface area (Å²) in [6.45, 7) is 5.98. The molecule has 0 fully saturated rings. The van der Waals surface area contributed by atoms with Crippen LogP contribution in [0.25, 0.3) is 0 Å². The van der Waals surface area contributed by atoms with Crippen molar-refractivity contribution in [2.75, 3.05) is 26.9 Å². The van der Waals surface area contributed by atoms with E-state index in [2.05, 4.69) is 5.32 Å². The van der Waals surface area contributed by atoms with Crippen LogP contribution < -0.4 is 10.1 Å². The summed E-state index contributed by atoms with van der Waals surface area (Å²) < 4.78 is 10.4. The highest BCUT2D eigenvalue weighted by atomic mass is 16.5. The number of hydrogen-bond donors (Lipinski definition) is 2. The third-order valence-corrected chi connectivity index (χ3v) is 3.31. The summed E-state index contributed by atoms with van der Waals surface area (Å²) in [4.78, 5) is 11.0. The maximum atomic E-state index is 11.0. The minimum atomic E-state index is -0.762. The van der Waals surface area contributed by atoms with Gasteiger partial charge >= 0.3 is 5.97 Å². The molecule has 0 atom stereocenters. The fraction of sp³-hybridized carbons (Fsp3) is 0.562. The largest absolute Gasteiger partial charge is 0.491 e. The predicted molar refractivity (Wildman–Crippen MR) is 81.6 cm³/mol. The molecule has 0 amide bonds. The van der Waals surface area contributed by atoms with Crippen molar-refractivity contribution in [2.24, 2.45) is 5.41 Å². The first-order chi connectivity index (χ1) is 9.95. The van der Waals surface area contributed by atoms with Gasteiger partial charge in [0.2, 0.25) is 0 Å². The number of methoxy groups -OCH3 is 1. The standard InChI is InChI=1S/C16H25NO4/c1-16(2,15(18)19)8-9-17-12-13-4-6-14(7-5-13)21-11-10-20-3/h4-7,17H,8-12H2,1-3H3,(H,18,19). The van der Waals surface area contributed by atoms with E-state index in [9.17, 15) is 4.79 Å². The third kappa shape index (κ3) is 6.60. The van der Waals surface area contributed by atoms with Crippen LogP contribution >= 0.6 is 0 Å². The molecule has 118 valence electrons. The normalized spacial score (nSPS) is 11.4. The number of nitrogens with one attached hydrogen (secondary N) is 1. The second kappa shape index (κ2) is 8.64. The van der Waals surface area contributed by atoms with Crippen molar-refractivity contribution >= 4 is 5.97 Å². The Balaban J connectivity index is 2.28. The van der Waals surface area contributed by atoms with Gasteiger partial charge in [-0.15, -0.1) is 0 Å². The number of aliphatic carboxylic acids is 1. The van der Waals surface area contributed by atoms with Crippen molar-refractivity contribution < 1.29 is 19.4 Å². The fourth-order valence-corrected chi connectivity index (χ4v) is 1.69. The molecular formula is C16H25NO4. The maximum absolute atomic E-state index is 11.0. The summed E-state index contributed by atoms with van der Waals surface area (Å²) in [7, 11) is 1.64. The summed E-state index contributed by atoms with van der Waals surface area (Å²) in [6.07, 6.45) is 0.598. The second-order valence-corrected chi connectivity index (χ2v) is 5.60. The first kappa shape index (κ1) is 17.5. The smallest absolute Gasteiger partial charge is 0.309 e. The van der Waals surface area contributed by atoms with Gasteiger partial charge in [0, 0.05) is 13.7 Å². The van der Waals surface area contributed by atoms with Crippen molar-refractivity contribution in [2.45, 2.75) is 26.8 Å². The molecule has 0 aliphatic heterocycles. The Bertz CT molecular complexity index is 428. The summed E-state index contributed by atoms with van der Waals surface area (Å²) in [5.41, 5.74) is 0.453. The topological polar surface area (TPSA) is 67.8 Å². The molecule has 1 aromatic rings. The molecule has 21 heavy (non-hydrogen) atoms. The molecule has 0 saturated heterocycles. The van der Waals surface area contributed by atoms with Crippen LogP contribution in [0.15, 0.2) is 24.3 Å². The zero-order valence-corrected chi connectivity index (χ0v) is 13.0. The van der Waals surface area contributed by atoms with Gasteiger partial charge in [-0.1, -0.05) is 12.1 Å². The van der Waals surface area contributed by atoms with Gasteiger partial charge < -0.3 is 19.9 Å². The van der Waals surface area contributed by atoms with E-state index in [4.69, 9.17) is 14.6 Å². The van der Waals surface area contributed by atoms with Crippen LogP contribution in [0, 0.1) is 5.41 Å². The minimum absolute atomic E-state index is 0.540. The van der Waals surface area contributed by atoms with Crippen LogP contribution in [0.3, 0.4) is 0 Å². The highest BCUT2D eigenvalue weighted by Crippen LogP contribution is 2.19. The number of ether oxygens (including phenoxy) is 2. The molecular weight excluding hydrogens is 270 g/mol. The molecule has 5 nitrogen and oxygen atoms in total. The Morgan fingerprint density at radius 3 is 2.48 bits per heavy atom. The van der Waals surface area contributed by atoms with E-state index in [0.717, 1.165) is 11.3 Å². The Kier molecular flexibility index (Phi) is 7.19. The lowest BCUT2D eigenvalue weighted by Gasteiger charge is -2.19. The highest BCUT2D eigenvalue weighted by Gasteiger charge is 2.25. The zero-order valence-electron chi connectivity index (χ0n) is 13.0. The van der Waals surface area contributed by atoms with E-state index >= 15 is 0 Å². The number of benzene rings is 1. The zero-order chi connectivity index (χ0) is 15.7. The van der Waals surface area contributed by atoms with Crippen LogP contribution in [0.4, 0.5) is 0 Å². The van der Waals surface area contributed by atoms with E-state index in [0.29, 0.717) is 32.7 Å². The number of carboxylic acids is 1. The van der Waals surface area contributed by atoms with Crippen LogP contribution in [-0.4, -0.2) is 37.9 Å². The van der Waals surface area contributed by atoms with Gasteiger partial charge in [-0.25, -0.2) is 0 Å². The number of rotatable bonds is 10. The summed E-state index contributed by atoms with van der Waals surface area (Å²) in [5.74, 6) is 0.0599. The molecule has 0 radical (unpaired) electrons. The summed E-state index contributed by atoms with van der Waals surface area (Å²) in [6, 6.07) is 7.84. The van der Waals surface area contributed by atoms with Gasteiger partial charge in [0.05, 0.1) is 12.0 Å². The minimum Gasteiger partial charge on any atom is -0.491 e. The van der Waals surface area contributed by atoms with Crippen molar-refractivity contribution in [1.29, 1.82) is 0 Å². The molecule has 0 unspecified atom stereocenters. The molecule has 2 N–H and O–H groups in total. The molecule has 0 bridgehead atoms. The first-order valence-electron chi connectivity index (χ1n) is 7.10. The molecule has 0 spiro atoms. The summed E-state index contributed by atoms with van der Waals surface area (Å²) in [5, 5.41) is 12.3. The average Bonchev–Trinajstić information content (AvgIpc) is 2.45. The molecule has 0 saturated carbocycles. The molecule has 1 rings (SSSR count). The Morgan fingerprint density at radius 2 is 1.90 bits per heavy atom. The van der Waals surface area contributed by atoms with Crippen molar-refractivity contribution in [3.8, 4) is 5.75 Å². The van der Waals surface area contributed by atoms with Gasteiger partial charge in [0.1, 0.15) is 12.4 Å². The highest BCUT2D eigenvalue weighted by molar-refractivity contribution is 5.73. The summed E-state index contributed by atoms with van der Waals surface area (Å²) >= 11 is 0.